The van der Waals surface area contributed by atoms with E-state index < -0.39 is 0 Å². The van der Waals surface area contributed by atoms with Crippen LogP contribution >= 0.6 is 11.3 Å². The van der Waals surface area contributed by atoms with E-state index >= 15 is 0 Å². The lowest BCUT2D eigenvalue weighted by molar-refractivity contribution is 0.415. The largest absolute Gasteiger partial charge is 0.497 e. The number of ether oxygens (including phenoxy) is 1. The summed E-state index contributed by atoms with van der Waals surface area (Å²) in [5.74, 6) is 0.795. The molecule has 3 aromatic carbocycles. The number of rotatable bonds is 4. The lowest BCUT2D eigenvalue weighted by atomic mass is 9.84. The van der Waals surface area contributed by atoms with Gasteiger partial charge in [-0.3, -0.25) is 9.36 Å². The molecule has 178 valence electrons. The van der Waals surface area contributed by atoms with E-state index in [1.54, 1.807) is 7.11 Å². The molecule has 6 rings (SSSR count). The third kappa shape index (κ3) is 4.16. The van der Waals surface area contributed by atoms with Crippen LogP contribution < -0.4 is 19.6 Å². The Morgan fingerprint density at radius 3 is 2.31 bits per heavy atom. The van der Waals surface area contributed by atoms with Crippen molar-refractivity contribution < 1.29 is 4.74 Å². The molecule has 4 nitrogen and oxygen atoms in total. The van der Waals surface area contributed by atoms with Crippen LogP contribution in [0.15, 0.2) is 112 Å². The number of allylic oxidation sites excluding steroid dienone is 2. The average molecular weight is 491 g/mol. The van der Waals surface area contributed by atoms with Crippen LogP contribution in [-0.2, 0) is 0 Å². The number of fused-ring (bicyclic) bond motifs is 1. The van der Waals surface area contributed by atoms with Gasteiger partial charge in [0.2, 0.25) is 0 Å². The van der Waals surface area contributed by atoms with Crippen LogP contribution in [0.2, 0.25) is 0 Å². The second kappa shape index (κ2) is 9.59. The number of hydrogen-bond acceptors (Lipinski definition) is 4. The molecule has 5 heteroatoms. The molecule has 0 fully saturated rings. The molecule has 2 aliphatic rings. The molecule has 1 aliphatic carbocycles. The lowest BCUT2D eigenvalue weighted by Gasteiger charge is -2.31. The maximum absolute atomic E-state index is 13.8. The SMILES string of the molecule is COc1ccc(C=c2sc3n(c2=O)C(c2ccccc2)C2=C(N=3)C(=Cc3ccccc3)CCC2)cc1. The highest BCUT2D eigenvalue weighted by Gasteiger charge is 2.32. The Hall–Kier alpha value is -3.96. The zero-order valence-corrected chi connectivity index (χ0v) is 20.9. The highest BCUT2D eigenvalue weighted by atomic mass is 32.1. The monoisotopic (exact) mass is 490 g/mol. The minimum atomic E-state index is -0.144. The van der Waals surface area contributed by atoms with Gasteiger partial charge < -0.3 is 4.74 Å². The lowest BCUT2D eigenvalue weighted by Crippen LogP contribution is -2.39. The zero-order chi connectivity index (χ0) is 24.5. The van der Waals surface area contributed by atoms with Crippen LogP contribution in [0, 0.1) is 0 Å². The van der Waals surface area contributed by atoms with Gasteiger partial charge in [0, 0.05) is 0 Å². The van der Waals surface area contributed by atoms with Gasteiger partial charge in [0.1, 0.15) is 5.75 Å². The van der Waals surface area contributed by atoms with E-state index in [1.165, 1.54) is 28.0 Å². The van der Waals surface area contributed by atoms with Crippen molar-refractivity contribution in [1.82, 2.24) is 4.57 Å². The molecule has 0 spiro atoms. The van der Waals surface area contributed by atoms with Crippen molar-refractivity contribution in [2.45, 2.75) is 25.3 Å². The number of methoxy groups -OCH3 is 1. The number of hydrogen-bond donors (Lipinski definition) is 0. The van der Waals surface area contributed by atoms with E-state index in [4.69, 9.17) is 9.73 Å². The van der Waals surface area contributed by atoms with Crippen LogP contribution in [0.3, 0.4) is 0 Å². The fourth-order valence-corrected chi connectivity index (χ4v) is 6.10. The van der Waals surface area contributed by atoms with Crippen molar-refractivity contribution in [3.63, 3.8) is 0 Å². The normalized spacial score (nSPS) is 18.5. The van der Waals surface area contributed by atoms with Crippen molar-refractivity contribution >= 4 is 23.5 Å². The van der Waals surface area contributed by atoms with Crippen molar-refractivity contribution in [3.05, 3.63) is 138 Å². The van der Waals surface area contributed by atoms with Crippen molar-refractivity contribution in [3.8, 4) is 5.75 Å². The van der Waals surface area contributed by atoms with Gasteiger partial charge >= 0.3 is 0 Å². The molecule has 0 radical (unpaired) electrons. The second-order valence-corrected chi connectivity index (χ2v) is 10.1. The molecule has 1 atom stereocenters. The molecular weight excluding hydrogens is 464 g/mol. The van der Waals surface area contributed by atoms with Gasteiger partial charge in [-0.2, -0.15) is 0 Å². The molecule has 0 saturated carbocycles. The van der Waals surface area contributed by atoms with Gasteiger partial charge in [-0.1, -0.05) is 84.1 Å². The average Bonchev–Trinajstić information content (AvgIpc) is 3.23. The van der Waals surface area contributed by atoms with Crippen LogP contribution in [0.4, 0.5) is 0 Å². The number of nitrogens with zero attached hydrogens (tertiary/aromatic N) is 2. The van der Waals surface area contributed by atoms with E-state index in [0.717, 1.165) is 46.6 Å². The van der Waals surface area contributed by atoms with Crippen molar-refractivity contribution in [2.75, 3.05) is 7.11 Å². The van der Waals surface area contributed by atoms with Crippen molar-refractivity contribution in [1.29, 1.82) is 0 Å². The Morgan fingerprint density at radius 1 is 0.889 bits per heavy atom. The highest BCUT2D eigenvalue weighted by molar-refractivity contribution is 7.07. The number of benzene rings is 3. The van der Waals surface area contributed by atoms with E-state index in [9.17, 15) is 4.79 Å². The summed E-state index contributed by atoms with van der Waals surface area (Å²) in [5.41, 5.74) is 6.80. The Balaban J connectivity index is 1.55. The minimum Gasteiger partial charge on any atom is -0.497 e. The molecule has 0 saturated heterocycles. The molecule has 1 unspecified atom stereocenters. The molecule has 1 aliphatic heterocycles. The van der Waals surface area contributed by atoms with Crippen LogP contribution in [-0.4, -0.2) is 11.7 Å². The van der Waals surface area contributed by atoms with Gasteiger partial charge in [0.15, 0.2) is 4.80 Å². The Labute approximate surface area is 213 Å². The fourth-order valence-electron chi connectivity index (χ4n) is 5.09. The van der Waals surface area contributed by atoms with Crippen molar-refractivity contribution in [2.24, 2.45) is 4.99 Å². The number of thiazole rings is 1. The predicted molar refractivity (Wildman–Crippen MR) is 146 cm³/mol. The summed E-state index contributed by atoms with van der Waals surface area (Å²) >= 11 is 1.46. The standard InChI is InChI=1S/C31H26N2O2S/c1-35-25-17-15-22(16-18-25)20-27-30(34)33-29(23-11-6-3-7-12-23)26-14-8-13-24(28(26)32-31(33)36-27)19-21-9-4-2-5-10-21/h2-7,9-12,15-20,29H,8,13-14H2,1H3. The molecule has 0 N–H and O–H groups in total. The summed E-state index contributed by atoms with van der Waals surface area (Å²) in [4.78, 5) is 19.7. The first-order valence-electron chi connectivity index (χ1n) is 12.2. The van der Waals surface area contributed by atoms with Gasteiger partial charge in [-0.15, -0.1) is 0 Å². The smallest absolute Gasteiger partial charge is 0.271 e. The Bertz CT molecular complexity index is 1640. The van der Waals surface area contributed by atoms with Crippen LogP contribution in [0.1, 0.15) is 42.0 Å². The second-order valence-electron chi connectivity index (χ2n) is 9.07. The maximum atomic E-state index is 13.8. The van der Waals surface area contributed by atoms with E-state index in [-0.39, 0.29) is 11.6 Å². The summed E-state index contributed by atoms with van der Waals surface area (Å²) in [7, 11) is 1.65. The van der Waals surface area contributed by atoms with Crippen LogP contribution in [0.25, 0.3) is 12.2 Å². The van der Waals surface area contributed by atoms with Gasteiger partial charge in [0.25, 0.3) is 5.56 Å². The van der Waals surface area contributed by atoms with E-state index in [1.807, 2.05) is 59.2 Å². The third-order valence-electron chi connectivity index (χ3n) is 6.80. The van der Waals surface area contributed by atoms with Gasteiger partial charge in [-0.25, -0.2) is 4.99 Å². The van der Waals surface area contributed by atoms with E-state index in [0.29, 0.717) is 4.53 Å². The summed E-state index contributed by atoms with van der Waals surface area (Å²) in [6.45, 7) is 0. The first-order chi connectivity index (χ1) is 17.7. The topological polar surface area (TPSA) is 43.6 Å². The Kier molecular flexibility index (Phi) is 5.99. The van der Waals surface area contributed by atoms with E-state index in [2.05, 4.69) is 42.5 Å². The summed E-state index contributed by atoms with van der Waals surface area (Å²) in [6.07, 6.45) is 7.18. The third-order valence-corrected chi connectivity index (χ3v) is 7.79. The minimum absolute atomic E-state index is 0.00846. The molecule has 0 amide bonds. The van der Waals surface area contributed by atoms with Crippen LogP contribution in [0.5, 0.6) is 5.75 Å². The number of aromatic nitrogens is 1. The molecule has 36 heavy (non-hydrogen) atoms. The Morgan fingerprint density at radius 2 is 1.58 bits per heavy atom. The summed E-state index contributed by atoms with van der Waals surface area (Å²) in [5, 5.41) is 0. The van der Waals surface area contributed by atoms with Gasteiger partial charge in [0.05, 0.1) is 23.4 Å². The molecule has 0 bridgehead atoms. The molecule has 4 aromatic rings. The molecule has 1 aromatic heterocycles. The van der Waals surface area contributed by atoms with Gasteiger partial charge in [-0.05, 0) is 71.4 Å². The summed E-state index contributed by atoms with van der Waals surface area (Å²) in [6, 6.07) is 28.4. The highest BCUT2D eigenvalue weighted by Crippen LogP contribution is 2.40. The first-order valence-corrected chi connectivity index (χ1v) is 13.0. The first kappa shape index (κ1) is 22.5. The predicted octanol–water partition coefficient (Wildman–Crippen LogP) is 5.49. The zero-order valence-electron chi connectivity index (χ0n) is 20.1. The quantitative estimate of drug-likeness (QED) is 0.380. The summed E-state index contributed by atoms with van der Waals surface area (Å²) < 4.78 is 7.87. The molecule has 2 heterocycles. The fraction of sp³-hybridized carbons (Fsp3) is 0.161. The molecular formula is C31H26N2O2S. The maximum Gasteiger partial charge on any atom is 0.271 e.